The van der Waals surface area contributed by atoms with E-state index in [0.717, 1.165) is 4.88 Å². The molecule has 0 saturated heterocycles. The Bertz CT molecular complexity index is 586. The molecule has 0 atom stereocenters. The summed E-state index contributed by atoms with van der Waals surface area (Å²) in [6.07, 6.45) is 2.89. The number of fused-ring (bicyclic) bond motifs is 1. The molecule has 6 nitrogen and oxygen atoms in total. The summed E-state index contributed by atoms with van der Waals surface area (Å²) < 4.78 is 10.2. The molecule has 1 aliphatic heterocycles. The second-order valence-electron chi connectivity index (χ2n) is 5.47. The molecule has 1 aromatic rings. The Balaban J connectivity index is 2.10. The van der Waals surface area contributed by atoms with E-state index in [1.54, 1.807) is 19.2 Å². The minimum atomic E-state index is -0.547. The van der Waals surface area contributed by atoms with Crippen molar-refractivity contribution in [1.29, 1.82) is 0 Å². The number of carbonyl (C=O) groups excluding carboxylic acids is 2. The number of ether oxygens (including phenoxy) is 2. The number of aromatic nitrogens is 1. The predicted octanol–water partition coefficient (Wildman–Crippen LogP) is 3.04. The quantitative estimate of drug-likeness (QED) is 0.785. The highest BCUT2D eigenvalue weighted by atomic mass is 32.1. The molecule has 21 heavy (non-hydrogen) atoms. The third-order valence-electron chi connectivity index (χ3n) is 2.53. The minimum absolute atomic E-state index is 0.303. The Hall–Kier alpha value is -1.89. The van der Waals surface area contributed by atoms with Gasteiger partial charge in [-0.2, -0.15) is 0 Å². The SMILES string of the molecule is CCOC(=O)c1nc2c(s1)CN(C(=O)OC(C)(C)C)C=C2. The van der Waals surface area contributed by atoms with E-state index in [4.69, 9.17) is 9.47 Å². The van der Waals surface area contributed by atoms with Crippen molar-refractivity contribution >= 4 is 29.5 Å². The van der Waals surface area contributed by atoms with Gasteiger partial charge in [0, 0.05) is 6.20 Å². The molecule has 0 fully saturated rings. The van der Waals surface area contributed by atoms with Crippen molar-refractivity contribution < 1.29 is 19.1 Å². The highest BCUT2D eigenvalue weighted by Gasteiger charge is 2.26. The second-order valence-corrected chi connectivity index (χ2v) is 6.56. The Labute approximate surface area is 127 Å². The first-order valence-corrected chi connectivity index (χ1v) is 7.46. The zero-order chi connectivity index (χ0) is 15.6. The normalized spacial score (nSPS) is 13.8. The molecule has 2 heterocycles. The van der Waals surface area contributed by atoms with Gasteiger partial charge < -0.3 is 9.47 Å². The highest BCUT2D eigenvalue weighted by molar-refractivity contribution is 7.13. The molecule has 0 unspecified atom stereocenters. The number of rotatable bonds is 2. The molecule has 0 bridgehead atoms. The maximum atomic E-state index is 12.0. The van der Waals surface area contributed by atoms with Gasteiger partial charge >= 0.3 is 12.1 Å². The summed E-state index contributed by atoms with van der Waals surface area (Å²) in [6, 6.07) is 0. The predicted molar refractivity (Wildman–Crippen MR) is 78.9 cm³/mol. The number of carbonyl (C=O) groups is 2. The van der Waals surface area contributed by atoms with Crippen LogP contribution >= 0.6 is 11.3 Å². The van der Waals surface area contributed by atoms with Crippen molar-refractivity contribution in [2.24, 2.45) is 0 Å². The van der Waals surface area contributed by atoms with Gasteiger partial charge in [0.05, 0.1) is 23.7 Å². The smallest absolute Gasteiger partial charge is 0.414 e. The Morgan fingerprint density at radius 3 is 2.76 bits per heavy atom. The lowest BCUT2D eigenvalue weighted by molar-refractivity contribution is 0.0323. The number of thiazole rings is 1. The van der Waals surface area contributed by atoms with Gasteiger partial charge in [-0.1, -0.05) is 0 Å². The fourth-order valence-electron chi connectivity index (χ4n) is 1.70. The lowest BCUT2D eigenvalue weighted by Crippen LogP contribution is -2.34. The third kappa shape index (κ3) is 3.81. The monoisotopic (exact) mass is 310 g/mol. The molecule has 1 aliphatic rings. The maximum absolute atomic E-state index is 12.0. The molecule has 1 aromatic heterocycles. The van der Waals surface area contributed by atoms with Crippen LogP contribution in [0, 0.1) is 0 Å². The number of nitrogens with zero attached hydrogens (tertiary/aromatic N) is 2. The van der Waals surface area contributed by atoms with Gasteiger partial charge in [0.25, 0.3) is 0 Å². The fourth-order valence-corrected chi connectivity index (χ4v) is 2.64. The van der Waals surface area contributed by atoms with Gasteiger partial charge in [-0.15, -0.1) is 11.3 Å². The minimum Gasteiger partial charge on any atom is -0.461 e. The van der Waals surface area contributed by atoms with Crippen LogP contribution in [0.1, 0.15) is 48.1 Å². The van der Waals surface area contributed by atoms with E-state index in [-0.39, 0.29) is 0 Å². The molecule has 0 aliphatic carbocycles. The summed E-state index contributed by atoms with van der Waals surface area (Å²) in [4.78, 5) is 30.2. The zero-order valence-corrected chi connectivity index (χ0v) is 13.3. The maximum Gasteiger partial charge on any atom is 0.414 e. The first kappa shape index (κ1) is 15.5. The molecule has 1 amide bonds. The van der Waals surface area contributed by atoms with Crippen LogP contribution in [0.25, 0.3) is 6.08 Å². The van der Waals surface area contributed by atoms with E-state index in [0.29, 0.717) is 23.9 Å². The topological polar surface area (TPSA) is 68.7 Å². The number of hydrogen-bond acceptors (Lipinski definition) is 6. The lowest BCUT2D eigenvalue weighted by atomic mass is 10.2. The van der Waals surface area contributed by atoms with Crippen LogP contribution in [-0.2, 0) is 16.0 Å². The summed E-state index contributed by atoms with van der Waals surface area (Å²) in [6.45, 7) is 7.84. The average molecular weight is 310 g/mol. The van der Waals surface area contributed by atoms with E-state index in [1.807, 2.05) is 20.8 Å². The first-order chi connectivity index (χ1) is 9.80. The second kappa shape index (κ2) is 5.85. The molecule has 114 valence electrons. The highest BCUT2D eigenvalue weighted by Crippen LogP contribution is 2.27. The van der Waals surface area contributed by atoms with Gasteiger partial charge in [0.1, 0.15) is 5.60 Å². The van der Waals surface area contributed by atoms with Crippen molar-refractivity contribution in [2.45, 2.75) is 39.8 Å². The largest absolute Gasteiger partial charge is 0.461 e. The molecule has 0 aromatic carbocycles. The van der Waals surface area contributed by atoms with E-state index in [9.17, 15) is 9.59 Å². The van der Waals surface area contributed by atoms with Crippen LogP contribution in [0.2, 0.25) is 0 Å². The van der Waals surface area contributed by atoms with Crippen LogP contribution in [0.3, 0.4) is 0 Å². The van der Waals surface area contributed by atoms with Gasteiger partial charge in [0.2, 0.25) is 5.01 Å². The molecular formula is C14H18N2O4S. The summed E-state index contributed by atoms with van der Waals surface area (Å²) in [5.41, 5.74) is 0.150. The first-order valence-electron chi connectivity index (χ1n) is 6.65. The van der Waals surface area contributed by atoms with E-state index < -0.39 is 17.7 Å². The Morgan fingerprint density at radius 1 is 1.43 bits per heavy atom. The average Bonchev–Trinajstić information content (AvgIpc) is 2.79. The van der Waals surface area contributed by atoms with Crippen LogP contribution in [-0.4, -0.2) is 34.2 Å². The van der Waals surface area contributed by atoms with E-state index in [2.05, 4.69) is 4.98 Å². The van der Waals surface area contributed by atoms with Crippen molar-refractivity contribution in [1.82, 2.24) is 9.88 Å². The van der Waals surface area contributed by atoms with Crippen LogP contribution in [0.15, 0.2) is 6.20 Å². The molecule has 0 radical (unpaired) electrons. The molecule has 0 spiro atoms. The number of esters is 1. The molecule has 2 rings (SSSR count). The van der Waals surface area contributed by atoms with Crippen molar-refractivity contribution in [3.8, 4) is 0 Å². The Kier molecular flexibility index (Phi) is 4.32. The molecule has 0 N–H and O–H groups in total. The summed E-state index contributed by atoms with van der Waals surface area (Å²) in [5, 5.41) is 0.303. The summed E-state index contributed by atoms with van der Waals surface area (Å²) >= 11 is 1.24. The molecular weight excluding hydrogens is 292 g/mol. The summed E-state index contributed by atoms with van der Waals surface area (Å²) in [5.74, 6) is -0.436. The van der Waals surface area contributed by atoms with Gasteiger partial charge in [-0.3, -0.25) is 4.90 Å². The lowest BCUT2D eigenvalue weighted by Gasteiger charge is -2.26. The number of amides is 1. The van der Waals surface area contributed by atoms with Crippen molar-refractivity contribution in [3.05, 3.63) is 21.8 Å². The number of hydrogen-bond donors (Lipinski definition) is 0. The fraction of sp³-hybridized carbons (Fsp3) is 0.500. The van der Waals surface area contributed by atoms with Crippen LogP contribution in [0.5, 0.6) is 0 Å². The van der Waals surface area contributed by atoms with Gasteiger partial charge in [0.15, 0.2) is 0 Å². The zero-order valence-electron chi connectivity index (χ0n) is 12.5. The standard InChI is InChI=1S/C14H18N2O4S/c1-5-19-12(17)11-15-9-6-7-16(8-10(9)21-11)13(18)20-14(2,3)4/h6-7H,5,8H2,1-4H3. The molecule has 7 heteroatoms. The van der Waals surface area contributed by atoms with Gasteiger partial charge in [-0.25, -0.2) is 14.6 Å². The molecule has 0 saturated carbocycles. The van der Waals surface area contributed by atoms with Crippen molar-refractivity contribution in [3.63, 3.8) is 0 Å². The van der Waals surface area contributed by atoms with Gasteiger partial charge in [-0.05, 0) is 33.8 Å². The van der Waals surface area contributed by atoms with Crippen LogP contribution < -0.4 is 0 Å². The Morgan fingerprint density at radius 2 is 2.14 bits per heavy atom. The summed E-state index contributed by atoms with van der Waals surface area (Å²) in [7, 11) is 0. The van der Waals surface area contributed by atoms with Crippen molar-refractivity contribution in [2.75, 3.05) is 6.61 Å². The van der Waals surface area contributed by atoms with E-state index in [1.165, 1.54) is 16.2 Å². The van der Waals surface area contributed by atoms with E-state index >= 15 is 0 Å². The van der Waals surface area contributed by atoms with Crippen LogP contribution in [0.4, 0.5) is 4.79 Å². The third-order valence-corrected chi connectivity index (χ3v) is 3.57.